The third-order valence-electron chi connectivity index (χ3n) is 4.65. The van der Waals surface area contributed by atoms with E-state index in [1.807, 2.05) is 30.3 Å². The summed E-state index contributed by atoms with van der Waals surface area (Å²) in [6.45, 7) is 5.82. The Balaban J connectivity index is 1.77. The van der Waals surface area contributed by atoms with Crippen molar-refractivity contribution in [3.63, 3.8) is 0 Å². The van der Waals surface area contributed by atoms with Crippen molar-refractivity contribution in [2.75, 3.05) is 13.2 Å². The highest BCUT2D eigenvalue weighted by molar-refractivity contribution is 7.12. The van der Waals surface area contributed by atoms with Gasteiger partial charge in [0.1, 0.15) is 16.2 Å². The molecule has 0 unspecified atom stereocenters. The standard InChI is InChI=1S/C25H29NO2S/c1-3-5-15-27-22-11-7-19(8-12-22)21-17-24(29-25(26)18-21)20-9-13-23(14-10-20)28-16-6-4-2/h7-14,17-18,26H,3-6,15-16H2,1-2H3. The molecule has 0 amide bonds. The minimum Gasteiger partial charge on any atom is -0.494 e. The lowest BCUT2D eigenvalue weighted by Crippen LogP contribution is -1.97. The number of unbranched alkanes of at least 4 members (excludes halogenated alkanes) is 2. The van der Waals surface area contributed by atoms with Crippen molar-refractivity contribution in [3.05, 3.63) is 65.3 Å². The first-order chi connectivity index (χ1) is 14.2. The van der Waals surface area contributed by atoms with Crippen molar-refractivity contribution in [3.8, 4) is 33.1 Å². The molecule has 3 rings (SSSR count). The largest absolute Gasteiger partial charge is 0.494 e. The molecule has 152 valence electrons. The van der Waals surface area contributed by atoms with Gasteiger partial charge in [-0.1, -0.05) is 38.8 Å². The van der Waals surface area contributed by atoms with Crippen molar-refractivity contribution in [2.24, 2.45) is 0 Å². The Morgan fingerprint density at radius 1 is 0.690 bits per heavy atom. The highest BCUT2D eigenvalue weighted by atomic mass is 32.1. The second-order valence-corrected chi connectivity index (χ2v) is 8.11. The molecule has 0 saturated carbocycles. The summed E-state index contributed by atoms with van der Waals surface area (Å²) in [7, 11) is 0. The van der Waals surface area contributed by atoms with E-state index < -0.39 is 0 Å². The molecule has 3 nitrogen and oxygen atoms in total. The fraction of sp³-hybridized carbons (Fsp3) is 0.320. The van der Waals surface area contributed by atoms with Crippen molar-refractivity contribution < 1.29 is 9.47 Å². The van der Waals surface area contributed by atoms with Crippen LogP contribution in [0.2, 0.25) is 0 Å². The summed E-state index contributed by atoms with van der Waals surface area (Å²) in [6.07, 6.45) is 4.39. The van der Waals surface area contributed by atoms with Gasteiger partial charge >= 0.3 is 0 Å². The molecule has 0 fully saturated rings. The number of hydrogen-bond acceptors (Lipinski definition) is 4. The fourth-order valence-corrected chi connectivity index (χ4v) is 3.80. The third kappa shape index (κ3) is 6.20. The van der Waals surface area contributed by atoms with Crippen LogP contribution in [0.4, 0.5) is 0 Å². The van der Waals surface area contributed by atoms with E-state index in [-0.39, 0.29) is 0 Å². The zero-order chi connectivity index (χ0) is 20.5. The first-order valence-corrected chi connectivity index (χ1v) is 11.2. The van der Waals surface area contributed by atoms with E-state index in [2.05, 4.69) is 44.2 Å². The van der Waals surface area contributed by atoms with Crippen LogP contribution in [0, 0.1) is 5.41 Å². The molecule has 0 aliphatic heterocycles. The quantitative estimate of drug-likeness (QED) is 0.371. The molecule has 4 heteroatoms. The van der Waals surface area contributed by atoms with E-state index in [0.717, 1.165) is 72.0 Å². The Morgan fingerprint density at radius 2 is 1.21 bits per heavy atom. The van der Waals surface area contributed by atoms with Crippen LogP contribution in [0.5, 0.6) is 11.5 Å². The van der Waals surface area contributed by atoms with Crippen LogP contribution in [0.15, 0.2) is 60.7 Å². The van der Waals surface area contributed by atoms with Crippen LogP contribution in [-0.4, -0.2) is 13.2 Å². The Morgan fingerprint density at radius 3 is 1.72 bits per heavy atom. The normalized spacial score (nSPS) is 10.7. The van der Waals surface area contributed by atoms with Crippen LogP contribution in [0.25, 0.3) is 21.6 Å². The summed E-state index contributed by atoms with van der Waals surface area (Å²) in [5.74, 6) is 1.79. The minimum absolute atomic E-state index is 0.545. The Bertz CT molecular complexity index is 871. The summed E-state index contributed by atoms with van der Waals surface area (Å²) < 4.78 is 12.1. The monoisotopic (exact) mass is 407 g/mol. The predicted molar refractivity (Wildman–Crippen MR) is 122 cm³/mol. The number of nitrogens with one attached hydrogen (secondary N) is 1. The Labute approximate surface area is 177 Å². The Hall–Kier alpha value is -2.59. The summed E-state index contributed by atoms with van der Waals surface area (Å²) in [5.41, 5.74) is 3.25. The Kier molecular flexibility index (Phi) is 7.88. The van der Waals surface area contributed by atoms with Crippen LogP contribution in [-0.2, 0) is 0 Å². The van der Waals surface area contributed by atoms with Crippen molar-refractivity contribution in [1.82, 2.24) is 0 Å². The molecule has 1 aromatic heterocycles. The molecule has 0 spiro atoms. The van der Waals surface area contributed by atoms with Gasteiger partial charge in [0.2, 0.25) is 0 Å². The van der Waals surface area contributed by atoms with E-state index in [4.69, 9.17) is 14.9 Å². The third-order valence-corrected chi connectivity index (χ3v) is 5.56. The van der Waals surface area contributed by atoms with Crippen LogP contribution >= 0.6 is 11.3 Å². The predicted octanol–water partition coefficient (Wildman–Crippen LogP) is 6.92. The maximum atomic E-state index is 8.25. The van der Waals surface area contributed by atoms with Crippen LogP contribution < -0.4 is 14.1 Å². The summed E-state index contributed by atoms with van der Waals surface area (Å²) in [6, 6.07) is 20.4. The highest BCUT2D eigenvalue weighted by Gasteiger charge is 2.05. The lowest BCUT2D eigenvalue weighted by molar-refractivity contribution is 0.309. The minimum atomic E-state index is 0.545. The van der Waals surface area contributed by atoms with Gasteiger partial charge in [0.05, 0.1) is 13.2 Å². The molecule has 0 radical (unpaired) electrons. The average molecular weight is 408 g/mol. The van der Waals surface area contributed by atoms with E-state index in [9.17, 15) is 0 Å². The van der Waals surface area contributed by atoms with Gasteiger partial charge in [0, 0.05) is 4.88 Å². The molecule has 0 aliphatic rings. The second-order valence-electron chi connectivity index (χ2n) is 7.03. The van der Waals surface area contributed by atoms with Gasteiger partial charge in [0.15, 0.2) is 0 Å². The molecule has 0 aliphatic carbocycles. The van der Waals surface area contributed by atoms with Gasteiger partial charge in [-0.3, -0.25) is 5.41 Å². The van der Waals surface area contributed by atoms with Gasteiger partial charge < -0.3 is 9.47 Å². The van der Waals surface area contributed by atoms with Crippen molar-refractivity contribution in [1.29, 1.82) is 5.41 Å². The molecule has 0 bridgehead atoms. The van der Waals surface area contributed by atoms with E-state index in [0.29, 0.717) is 4.67 Å². The van der Waals surface area contributed by atoms with E-state index in [1.165, 1.54) is 11.3 Å². The van der Waals surface area contributed by atoms with Gasteiger partial charge in [0.25, 0.3) is 0 Å². The average Bonchev–Trinajstić information content (AvgIpc) is 2.75. The lowest BCUT2D eigenvalue weighted by Gasteiger charge is -2.09. The summed E-state index contributed by atoms with van der Waals surface area (Å²) in [4.78, 5) is 1.08. The lowest BCUT2D eigenvalue weighted by atomic mass is 10.1. The summed E-state index contributed by atoms with van der Waals surface area (Å²) in [5, 5.41) is 8.25. The first-order valence-electron chi connectivity index (χ1n) is 10.4. The molecule has 0 saturated heterocycles. The molecule has 2 aromatic carbocycles. The van der Waals surface area contributed by atoms with E-state index in [1.54, 1.807) is 0 Å². The van der Waals surface area contributed by atoms with Crippen LogP contribution in [0.1, 0.15) is 39.5 Å². The molecular weight excluding hydrogens is 378 g/mol. The summed E-state index contributed by atoms with van der Waals surface area (Å²) >= 11 is 1.48. The maximum Gasteiger partial charge on any atom is 0.119 e. The SMILES string of the molecule is CCCCOc1ccc(-c2cc(-c3ccc(OCCCC)cc3)sc(=N)c2)cc1. The topological polar surface area (TPSA) is 42.3 Å². The molecule has 3 aromatic rings. The molecule has 1 N–H and O–H groups in total. The number of rotatable bonds is 10. The van der Waals surface area contributed by atoms with Gasteiger partial charge in [-0.05, 0) is 78.1 Å². The zero-order valence-corrected chi connectivity index (χ0v) is 18.1. The van der Waals surface area contributed by atoms with Crippen molar-refractivity contribution in [2.45, 2.75) is 39.5 Å². The molecule has 1 heterocycles. The number of hydrogen-bond donors (Lipinski definition) is 1. The molecular formula is C25H29NO2S. The highest BCUT2D eigenvalue weighted by Crippen LogP contribution is 2.29. The van der Waals surface area contributed by atoms with Crippen molar-refractivity contribution >= 4 is 11.3 Å². The molecule has 0 atom stereocenters. The second kappa shape index (κ2) is 10.8. The van der Waals surface area contributed by atoms with Gasteiger partial charge in [-0.15, -0.1) is 11.3 Å². The van der Waals surface area contributed by atoms with Crippen LogP contribution in [0.3, 0.4) is 0 Å². The molecule has 29 heavy (non-hydrogen) atoms. The number of ether oxygens (including phenoxy) is 2. The van der Waals surface area contributed by atoms with Gasteiger partial charge in [-0.25, -0.2) is 0 Å². The fourth-order valence-electron chi connectivity index (χ4n) is 2.94. The van der Waals surface area contributed by atoms with E-state index >= 15 is 0 Å². The number of benzene rings is 2. The smallest absolute Gasteiger partial charge is 0.119 e. The first kappa shape index (κ1) is 21.1. The maximum absolute atomic E-state index is 8.25. The van der Waals surface area contributed by atoms with Gasteiger partial charge in [-0.2, -0.15) is 0 Å². The zero-order valence-electron chi connectivity index (χ0n) is 17.2.